The second kappa shape index (κ2) is 9.72. The van der Waals surface area contributed by atoms with Crippen molar-refractivity contribution < 1.29 is 14.7 Å². The quantitative estimate of drug-likeness (QED) is 0.338. The predicted molar refractivity (Wildman–Crippen MR) is 142 cm³/mol. The fourth-order valence-corrected chi connectivity index (χ4v) is 5.39. The molecule has 2 N–H and O–H groups in total. The number of carboxylic acid groups (broad SMARTS) is 1. The summed E-state index contributed by atoms with van der Waals surface area (Å²) < 4.78 is 0. The van der Waals surface area contributed by atoms with E-state index < -0.39 is 17.9 Å². The van der Waals surface area contributed by atoms with E-state index >= 15 is 0 Å². The molecule has 1 aliphatic heterocycles. The summed E-state index contributed by atoms with van der Waals surface area (Å²) >= 11 is 7.56. The number of hydrogen-bond acceptors (Lipinski definition) is 5. The van der Waals surface area contributed by atoms with Crippen LogP contribution < -0.4 is 5.56 Å². The Morgan fingerprint density at radius 2 is 1.81 bits per heavy atom. The number of hydrogen-bond donors (Lipinski definition) is 2. The number of thiophene rings is 1. The number of aryl methyl sites for hydroxylation is 1. The smallest absolute Gasteiger partial charge is 0.303 e. The summed E-state index contributed by atoms with van der Waals surface area (Å²) in [4.78, 5) is 41.3. The van der Waals surface area contributed by atoms with Crippen LogP contribution >= 0.6 is 22.9 Å². The maximum absolute atomic E-state index is 13.4. The number of halogens is 1. The second-order valence-electron chi connectivity index (χ2n) is 8.68. The molecule has 3 heterocycles. The van der Waals surface area contributed by atoms with Gasteiger partial charge in [-0.1, -0.05) is 53.6 Å². The molecule has 36 heavy (non-hydrogen) atoms. The van der Waals surface area contributed by atoms with Crippen LogP contribution in [-0.2, 0) is 9.59 Å². The minimum absolute atomic E-state index is 0.182. The monoisotopic (exact) mass is 519 g/mol. The van der Waals surface area contributed by atoms with E-state index in [1.807, 2.05) is 54.8 Å². The zero-order valence-electron chi connectivity index (χ0n) is 19.3. The Hall–Kier alpha value is -3.75. The predicted octanol–water partition coefficient (Wildman–Crippen LogP) is 5.76. The Bertz CT molecular complexity index is 1550. The van der Waals surface area contributed by atoms with Crippen LogP contribution in [0.5, 0.6) is 0 Å². The fraction of sp³-hybridized carbons (Fsp3) is 0.185. The molecule has 0 spiro atoms. The Morgan fingerprint density at radius 1 is 1.08 bits per heavy atom. The molecule has 2 aromatic heterocycles. The highest BCUT2D eigenvalue weighted by Gasteiger charge is 2.35. The normalized spacial score (nSPS) is 15.3. The number of fused-ring (bicyclic) bond motifs is 1. The van der Waals surface area contributed by atoms with Crippen molar-refractivity contribution in [3.63, 3.8) is 0 Å². The summed E-state index contributed by atoms with van der Waals surface area (Å²) in [6, 6.07) is 16.5. The minimum Gasteiger partial charge on any atom is -0.481 e. The number of nitrogens with one attached hydrogen (secondary N) is 1. The standard InChI is InChI=1S/C27H22ClN3O4S/c1-15-2-4-16(5-3-15)21-14-20(30-31(21)22(32)10-11-23(33)34)25-24(17-6-8-18(28)9-7-17)19-12-13-36-27(19)29-26(25)35/h2-9,12-13,21H,10-11,14H2,1H3,(H,29,35)(H,33,34)/t21-/m1/s1. The molecule has 0 saturated heterocycles. The molecule has 0 unspecified atom stereocenters. The first kappa shape index (κ1) is 24.0. The highest BCUT2D eigenvalue weighted by atomic mass is 35.5. The summed E-state index contributed by atoms with van der Waals surface area (Å²) in [5.74, 6) is -1.46. The van der Waals surface area contributed by atoms with E-state index in [1.165, 1.54) is 16.3 Å². The SMILES string of the molecule is Cc1ccc([C@H]2CC(c3c(-c4ccc(Cl)cc4)c4ccsc4[nH]c3=O)=NN2C(=O)CCC(=O)O)cc1. The number of carbonyl (C=O) groups excluding carboxylic acids is 1. The largest absolute Gasteiger partial charge is 0.481 e. The van der Waals surface area contributed by atoms with Crippen molar-refractivity contribution in [2.45, 2.75) is 32.2 Å². The van der Waals surface area contributed by atoms with Gasteiger partial charge in [0.05, 0.1) is 23.7 Å². The van der Waals surface area contributed by atoms with E-state index in [1.54, 1.807) is 12.1 Å². The van der Waals surface area contributed by atoms with Gasteiger partial charge in [-0.2, -0.15) is 5.10 Å². The molecule has 1 aliphatic rings. The van der Waals surface area contributed by atoms with Gasteiger partial charge >= 0.3 is 5.97 Å². The van der Waals surface area contributed by atoms with Gasteiger partial charge in [0.2, 0.25) is 5.91 Å². The van der Waals surface area contributed by atoms with Gasteiger partial charge in [0.1, 0.15) is 4.83 Å². The van der Waals surface area contributed by atoms with E-state index in [2.05, 4.69) is 10.1 Å². The van der Waals surface area contributed by atoms with Crippen LogP contribution in [0, 0.1) is 6.92 Å². The van der Waals surface area contributed by atoms with Crippen molar-refractivity contribution in [2.75, 3.05) is 0 Å². The first-order valence-electron chi connectivity index (χ1n) is 11.4. The van der Waals surface area contributed by atoms with Gasteiger partial charge in [-0.3, -0.25) is 14.4 Å². The van der Waals surface area contributed by atoms with Crippen LogP contribution in [-0.4, -0.2) is 32.7 Å². The third kappa shape index (κ3) is 4.57. The average Bonchev–Trinajstić information content (AvgIpc) is 3.50. The molecule has 5 rings (SSSR count). The Balaban J connectivity index is 1.66. The van der Waals surface area contributed by atoms with Gasteiger partial charge in [-0.05, 0) is 41.6 Å². The molecular weight excluding hydrogens is 498 g/mol. The number of amides is 1. The maximum Gasteiger partial charge on any atom is 0.303 e. The third-order valence-corrected chi connectivity index (χ3v) is 7.32. The van der Waals surface area contributed by atoms with Crippen molar-refractivity contribution in [3.05, 3.63) is 92.0 Å². The average molecular weight is 520 g/mol. The van der Waals surface area contributed by atoms with E-state index in [0.29, 0.717) is 22.7 Å². The van der Waals surface area contributed by atoms with Crippen LogP contribution in [0.4, 0.5) is 0 Å². The molecule has 0 radical (unpaired) electrons. The van der Waals surface area contributed by atoms with E-state index in [-0.39, 0.29) is 18.4 Å². The molecule has 1 atom stereocenters. The van der Waals surface area contributed by atoms with Crippen LogP contribution in [0.15, 0.2) is 69.9 Å². The molecule has 0 aliphatic carbocycles. The first-order valence-corrected chi connectivity index (χ1v) is 12.7. The Kier molecular flexibility index (Phi) is 6.47. The number of aliphatic carboxylic acids is 1. The molecule has 7 nitrogen and oxygen atoms in total. The van der Waals surface area contributed by atoms with Gasteiger partial charge in [0.25, 0.3) is 5.56 Å². The Morgan fingerprint density at radius 3 is 2.50 bits per heavy atom. The fourth-order valence-electron chi connectivity index (χ4n) is 4.48. The van der Waals surface area contributed by atoms with E-state index in [9.17, 15) is 14.4 Å². The molecule has 0 fully saturated rings. The number of benzene rings is 2. The lowest BCUT2D eigenvalue weighted by Gasteiger charge is -2.22. The molecular formula is C27H22ClN3O4S. The van der Waals surface area contributed by atoms with Crippen molar-refractivity contribution in [3.8, 4) is 11.1 Å². The second-order valence-corrected chi connectivity index (χ2v) is 10.0. The van der Waals surface area contributed by atoms with Gasteiger partial charge in [0, 0.05) is 28.8 Å². The zero-order valence-corrected chi connectivity index (χ0v) is 20.9. The highest BCUT2D eigenvalue weighted by Crippen LogP contribution is 2.38. The molecule has 0 saturated carbocycles. The van der Waals surface area contributed by atoms with Gasteiger partial charge < -0.3 is 10.1 Å². The highest BCUT2D eigenvalue weighted by molar-refractivity contribution is 7.16. The van der Waals surface area contributed by atoms with Gasteiger partial charge in [-0.25, -0.2) is 5.01 Å². The number of aromatic amines is 1. The summed E-state index contributed by atoms with van der Waals surface area (Å²) in [7, 11) is 0. The van der Waals surface area contributed by atoms with Gasteiger partial charge in [0.15, 0.2) is 0 Å². The van der Waals surface area contributed by atoms with Crippen molar-refractivity contribution in [2.24, 2.45) is 5.10 Å². The number of aromatic nitrogens is 1. The number of nitrogens with zero attached hydrogens (tertiary/aromatic N) is 2. The van der Waals surface area contributed by atoms with E-state index in [0.717, 1.165) is 32.5 Å². The lowest BCUT2D eigenvalue weighted by Crippen LogP contribution is -2.27. The van der Waals surface area contributed by atoms with Crippen LogP contribution in [0.1, 0.15) is 42.0 Å². The molecule has 2 aromatic carbocycles. The van der Waals surface area contributed by atoms with Crippen LogP contribution in [0.25, 0.3) is 21.3 Å². The number of rotatable bonds is 6. The van der Waals surface area contributed by atoms with Crippen molar-refractivity contribution in [1.29, 1.82) is 0 Å². The van der Waals surface area contributed by atoms with Gasteiger partial charge in [-0.15, -0.1) is 11.3 Å². The van der Waals surface area contributed by atoms with Crippen molar-refractivity contribution >= 4 is 50.7 Å². The number of pyridine rings is 1. The zero-order chi connectivity index (χ0) is 25.4. The van der Waals surface area contributed by atoms with E-state index in [4.69, 9.17) is 16.7 Å². The molecule has 0 bridgehead atoms. The maximum atomic E-state index is 13.4. The number of carboxylic acids is 1. The Labute approximate surface area is 215 Å². The lowest BCUT2D eigenvalue weighted by molar-refractivity contribution is -0.141. The number of H-pyrrole nitrogens is 1. The molecule has 9 heteroatoms. The first-order chi connectivity index (χ1) is 17.3. The molecule has 4 aromatic rings. The van der Waals surface area contributed by atoms with Crippen molar-refractivity contribution in [1.82, 2.24) is 9.99 Å². The number of hydrazone groups is 1. The summed E-state index contributed by atoms with van der Waals surface area (Å²) in [5.41, 5.74) is 4.06. The number of carbonyl (C=O) groups is 2. The molecule has 1 amide bonds. The van der Waals surface area contributed by atoms with Crippen LogP contribution in [0.3, 0.4) is 0 Å². The molecule has 182 valence electrons. The summed E-state index contributed by atoms with van der Waals surface area (Å²) in [6.07, 6.45) is -0.155. The lowest BCUT2D eigenvalue weighted by atomic mass is 9.92. The van der Waals surface area contributed by atoms with Crippen LogP contribution in [0.2, 0.25) is 5.02 Å². The third-order valence-electron chi connectivity index (χ3n) is 6.24. The topological polar surface area (TPSA) is 103 Å². The summed E-state index contributed by atoms with van der Waals surface area (Å²) in [6.45, 7) is 1.98. The minimum atomic E-state index is -1.05. The summed E-state index contributed by atoms with van der Waals surface area (Å²) in [5, 5.41) is 18.4.